The quantitative estimate of drug-likeness (QED) is 0.517. The van der Waals surface area contributed by atoms with Gasteiger partial charge in [-0.05, 0) is 18.8 Å². The van der Waals surface area contributed by atoms with Gasteiger partial charge in [0.05, 0.1) is 13.5 Å². The summed E-state index contributed by atoms with van der Waals surface area (Å²) in [5, 5.41) is 11.1. The number of hydrogen-bond donors (Lipinski definition) is 3. The number of carboxylic acids is 1. The molecule has 1 unspecified atom stereocenters. The van der Waals surface area contributed by atoms with E-state index in [-0.39, 0.29) is 12.5 Å². The molecule has 4 N–H and O–H groups in total. The van der Waals surface area contributed by atoms with Gasteiger partial charge < -0.3 is 20.9 Å². The third kappa shape index (κ3) is 4.70. The van der Waals surface area contributed by atoms with E-state index in [1.807, 2.05) is 0 Å². The van der Waals surface area contributed by atoms with Crippen molar-refractivity contribution in [2.45, 2.75) is 37.8 Å². The van der Waals surface area contributed by atoms with Gasteiger partial charge >= 0.3 is 11.9 Å². The fourth-order valence-corrected chi connectivity index (χ4v) is 1.61. The molecule has 0 bridgehead atoms. The van der Waals surface area contributed by atoms with Crippen molar-refractivity contribution in [1.29, 1.82) is 0 Å². The minimum atomic E-state index is -1.27. The van der Waals surface area contributed by atoms with Gasteiger partial charge in [0.1, 0.15) is 6.04 Å². The van der Waals surface area contributed by atoms with Crippen LogP contribution < -0.4 is 11.1 Å². The molecule has 0 saturated heterocycles. The highest BCUT2D eigenvalue weighted by Gasteiger charge is 2.31. The highest BCUT2D eigenvalue weighted by molar-refractivity contribution is 5.87. The molecule has 0 aromatic carbocycles. The van der Waals surface area contributed by atoms with Crippen LogP contribution in [0.4, 0.5) is 0 Å². The molecule has 1 fully saturated rings. The number of ether oxygens (including phenoxy) is 1. The smallest absolute Gasteiger partial charge is 0.326 e. The van der Waals surface area contributed by atoms with Crippen LogP contribution in [0.2, 0.25) is 0 Å². The summed E-state index contributed by atoms with van der Waals surface area (Å²) in [6, 6.07) is -1.51. The summed E-state index contributed by atoms with van der Waals surface area (Å²) < 4.78 is 4.36. The first-order chi connectivity index (χ1) is 8.43. The van der Waals surface area contributed by atoms with E-state index in [4.69, 9.17) is 10.8 Å². The first-order valence-electron chi connectivity index (χ1n) is 5.78. The Morgan fingerprint density at radius 1 is 1.39 bits per heavy atom. The number of methoxy groups -OCH3 is 1. The molecule has 0 aliphatic heterocycles. The highest BCUT2D eigenvalue weighted by atomic mass is 16.5. The first-order valence-corrected chi connectivity index (χ1v) is 5.78. The van der Waals surface area contributed by atoms with E-state index in [2.05, 4.69) is 10.1 Å². The molecule has 1 saturated carbocycles. The third-order valence-corrected chi connectivity index (χ3v) is 2.88. The summed E-state index contributed by atoms with van der Waals surface area (Å²) in [5.74, 6) is -2.05. The molecule has 102 valence electrons. The van der Waals surface area contributed by atoms with Crippen LogP contribution in [0.5, 0.6) is 0 Å². The number of hydrogen-bond acceptors (Lipinski definition) is 5. The van der Waals surface area contributed by atoms with Crippen molar-refractivity contribution in [2.24, 2.45) is 11.7 Å². The van der Waals surface area contributed by atoms with E-state index in [9.17, 15) is 14.4 Å². The lowest BCUT2D eigenvalue weighted by molar-refractivity contribution is -0.148. The highest BCUT2D eigenvalue weighted by Crippen LogP contribution is 2.32. The van der Waals surface area contributed by atoms with E-state index >= 15 is 0 Å². The van der Waals surface area contributed by atoms with Crippen LogP contribution >= 0.6 is 0 Å². The molecule has 1 rings (SSSR count). The van der Waals surface area contributed by atoms with Gasteiger partial charge in [0.2, 0.25) is 5.91 Å². The van der Waals surface area contributed by atoms with Crippen LogP contribution in [0.25, 0.3) is 0 Å². The number of esters is 1. The Morgan fingerprint density at radius 3 is 2.44 bits per heavy atom. The molecule has 7 heteroatoms. The second-order valence-electron chi connectivity index (χ2n) is 4.44. The monoisotopic (exact) mass is 258 g/mol. The lowest BCUT2D eigenvalue weighted by atomic mass is 10.1. The average Bonchev–Trinajstić information content (AvgIpc) is 3.11. The topological polar surface area (TPSA) is 119 Å². The molecule has 0 aromatic heterocycles. The number of carboxylic acid groups (broad SMARTS) is 1. The molecule has 2 atom stereocenters. The molecule has 1 amide bonds. The van der Waals surface area contributed by atoms with Crippen molar-refractivity contribution >= 4 is 17.8 Å². The number of carbonyl (C=O) groups excluding carboxylic acids is 2. The van der Waals surface area contributed by atoms with Crippen molar-refractivity contribution in [3.8, 4) is 0 Å². The van der Waals surface area contributed by atoms with Crippen LogP contribution in [0, 0.1) is 5.92 Å². The predicted octanol–water partition coefficient (Wildman–Crippen LogP) is -0.754. The fraction of sp³-hybridized carbons (Fsp3) is 0.727. The van der Waals surface area contributed by atoms with Crippen molar-refractivity contribution < 1.29 is 24.2 Å². The molecular weight excluding hydrogens is 240 g/mol. The predicted molar refractivity (Wildman–Crippen MR) is 61.5 cm³/mol. The number of aliphatic carboxylic acids is 1. The number of amides is 1. The number of nitrogens with one attached hydrogen (secondary N) is 1. The second kappa shape index (κ2) is 6.34. The molecule has 0 aromatic rings. The van der Waals surface area contributed by atoms with E-state index in [0.717, 1.165) is 20.0 Å². The fourth-order valence-electron chi connectivity index (χ4n) is 1.61. The Morgan fingerprint density at radius 2 is 2.00 bits per heavy atom. The normalized spacial score (nSPS) is 17.7. The maximum atomic E-state index is 11.6. The van der Waals surface area contributed by atoms with Crippen molar-refractivity contribution in [1.82, 2.24) is 5.32 Å². The van der Waals surface area contributed by atoms with Gasteiger partial charge in [-0.15, -0.1) is 0 Å². The van der Waals surface area contributed by atoms with Crippen LogP contribution in [-0.2, 0) is 19.1 Å². The largest absolute Gasteiger partial charge is 0.480 e. The van der Waals surface area contributed by atoms with E-state index in [1.54, 1.807) is 0 Å². The van der Waals surface area contributed by atoms with Gasteiger partial charge in [-0.25, -0.2) is 4.79 Å². The summed E-state index contributed by atoms with van der Waals surface area (Å²) in [7, 11) is 1.16. The molecule has 7 nitrogen and oxygen atoms in total. The Balaban J connectivity index is 2.41. The zero-order valence-electron chi connectivity index (χ0n) is 10.2. The molecule has 0 spiro atoms. The van der Waals surface area contributed by atoms with Crippen molar-refractivity contribution in [3.05, 3.63) is 0 Å². The van der Waals surface area contributed by atoms with Crippen molar-refractivity contribution in [2.75, 3.05) is 7.11 Å². The summed E-state index contributed by atoms with van der Waals surface area (Å²) in [6.07, 6.45) is 1.71. The van der Waals surface area contributed by atoms with E-state index < -0.39 is 30.3 Å². The first kappa shape index (κ1) is 14.4. The summed E-state index contributed by atoms with van der Waals surface area (Å²) in [4.78, 5) is 33.4. The average molecular weight is 258 g/mol. The molecule has 0 radical (unpaired) electrons. The zero-order chi connectivity index (χ0) is 13.7. The standard InChI is InChI=1S/C11H18N2O5/c1-18-10(15)5-8(11(16)17)13-9(14)4-7(12)6-2-3-6/h6-8H,2-5,12H2,1H3,(H,13,14)(H,16,17)/t7?,8-/m0/s1. The number of carbonyl (C=O) groups is 3. The molecule has 18 heavy (non-hydrogen) atoms. The van der Waals surface area contributed by atoms with Crippen LogP contribution in [0.1, 0.15) is 25.7 Å². The SMILES string of the molecule is COC(=O)C[C@H](NC(=O)CC(N)C1CC1)C(=O)O. The van der Waals surface area contributed by atoms with Crippen molar-refractivity contribution in [3.63, 3.8) is 0 Å². The van der Waals surface area contributed by atoms with E-state index in [1.165, 1.54) is 0 Å². The Hall–Kier alpha value is -1.63. The summed E-state index contributed by atoms with van der Waals surface area (Å²) in [6.45, 7) is 0. The lowest BCUT2D eigenvalue weighted by Crippen LogP contribution is -2.44. The maximum absolute atomic E-state index is 11.6. The molecular formula is C11H18N2O5. The van der Waals surface area contributed by atoms with Gasteiger partial charge in [-0.2, -0.15) is 0 Å². The van der Waals surface area contributed by atoms with Crippen LogP contribution in [0.15, 0.2) is 0 Å². The summed E-state index contributed by atoms with van der Waals surface area (Å²) in [5.41, 5.74) is 5.76. The van der Waals surface area contributed by atoms with Gasteiger partial charge in [-0.3, -0.25) is 9.59 Å². The van der Waals surface area contributed by atoms with Gasteiger partial charge in [-0.1, -0.05) is 0 Å². The number of rotatable bonds is 7. The minimum absolute atomic E-state index is 0.0790. The molecule has 1 aliphatic carbocycles. The Labute approximate surface area is 105 Å². The third-order valence-electron chi connectivity index (χ3n) is 2.88. The van der Waals surface area contributed by atoms with Crippen LogP contribution in [-0.4, -0.2) is 42.1 Å². The molecule has 1 aliphatic rings. The zero-order valence-corrected chi connectivity index (χ0v) is 10.2. The van der Waals surface area contributed by atoms with Gasteiger partial charge in [0.15, 0.2) is 0 Å². The van der Waals surface area contributed by atoms with Crippen LogP contribution in [0.3, 0.4) is 0 Å². The number of nitrogens with two attached hydrogens (primary N) is 1. The maximum Gasteiger partial charge on any atom is 0.326 e. The lowest BCUT2D eigenvalue weighted by Gasteiger charge is -2.15. The Bertz CT molecular complexity index is 340. The van der Waals surface area contributed by atoms with Gasteiger partial charge in [0, 0.05) is 12.5 Å². The van der Waals surface area contributed by atoms with Gasteiger partial charge in [0.25, 0.3) is 0 Å². The Kier molecular flexibility index (Phi) is 5.08. The second-order valence-corrected chi connectivity index (χ2v) is 4.44. The molecule has 0 heterocycles. The summed E-state index contributed by atoms with van der Waals surface area (Å²) >= 11 is 0. The van der Waals surface area contributed by atoms with E-state index in [0.29, 0.717) is 5.92 Å². The minimum Gasteiger partial charge on any atom is -0.480 e.